The molecule has 0 rings (SSSR count). The number of hydrogen-bond acceptors (Lipinski definition) is 3. The van der Waals surface area contributed by atoms with Crippen LogP contribution in [0.1, 0.15) is 19.3 Å². The minimum atomic E-state index is 0.327. The molecule has 0 aliphatic rings. The van der Waals surface area contributed by atoms with Crippen molar-refractivity contribution >= 4 is 6.29 Å². The zero-order chi connectivity index (χ0) is 6.24. The van der Waals surface area contributed by atoms with E-state index in [1.807, 2.05) is 0 Å². The molecule has 8 heavy (non-hydrogen) atoms. The molecule has 3 nitrogen and oxygen atoms in total. The predicted molar refractivity (Wildman–Crippen MR) is 28.5 cm³/mol. The van der Waals surface area contributed by atoms with E-state index in [0.717, 1.165) is 19.1 Å². The first kappa shape index (κ1) is 7.59. The van der Waals surface area contributed by atoms with E-state index in [-0.39, 0.29) is 0 Å². The fourth-order valence-corrected chi connectivity index (χ4v) is 0.394. The second-order valence-corrected chi connectivity index (χ2v) is 1.50. The highest BCUT2D eigenvalue weighted by Crippen LogP contribution is 1.90. The molecule has 1 N–H and O–H groups in total. The molecule has 0 bridgehead atoms. The minimum Gasteiger partial charge on any atom is -0.303 e. The normalized spacial score (nSPS) is 9.12. The molecule has 0 aromatic heterocycles. The van der Waals surface area contributed by atoms with Gasteiger partial charge in [0, 0.05) is 6.42 Å². The Morgan fingerprint density at radius 3 is 2.75 bits per heavy atom. The van der Waals surface area contributed by atoms with Crippen LogP contribution in [0, 0.1) is 0 Å². The van der Waals surface area contributed by atoms with Crippen LogP contribution in [0.3, 0.4) is 0 Å². The zero-order valence-corrected chi connectivity index (χ0v) is 4.67. The van der Waals surface area contributed by atoms with Gasteiger partial charge in [0.15, 0.2) is 0 Å². The molecule has 48 valence electrons. The Hall–Kier alpha value is -0.410. The van der Waals surface area contributed by atoms with E-state index < -0.39 is 0 Å². The Labute approximate surface area is 48.2 Å². The lowest BCUT2D eigenvalue weighted by molar-refractivity contribution is -0.242. The van der Waals surface area contributed by atoms with E-state index in [9.17, 15) is 4.79 Å². The van der Waals surface area contributed by atoms with Crippen molar-refractivity contribution in [3.05, 3.63) is 0 Å². The lowest BCUT2D eigenvalue weighted by Crippen LogP contribution is -1.88. The summed E-state index contributed by atoms with van der Waals surface area (Å²) in [7, 11) is 0. The van der Waals surface area contributed by atoms with Crippen LogP contribution in [0.5, 0.6) is 0 Å². The number of unbranched alkanes of at least 4 members (excludes halogenated alkanes) is 2. The van der Waals surface area contributed by atoms with Crippen molar-refractivity contribution in [2.75, 3.05) is 6.61 Å². The van der Waals surface area contributed by atoms with Gasteiger partial charge in [-0.3, -0.25) is 5.26 Å². The molecule has 0 heterocycles. The maximum atomic E-state index is 9.66. The molecule has 0 unspecified atom stereocenters. The van der Waals surface area contributed by atoms with Gasteiger partial charge in [0.1, 0.15) is 6.29 Å². The third-order valence-electron chi connectivity index (χ3n) is 0.808. The molecule has 0 aromatic carbocycles. The van der Waals surface area contributed by atoms with Crippen molar-refractivity contribution in [1.82, 2.24) is 0 Å². The molecular weight excluding hydrogens is 108 g/mol. The van der Waals surface area contributed by atoms with Crippen LogP contribution in [0.15, 0.2) is 0 Å². The molecule has 3 heteroatoms. The highest BCUT2D eigenvalue weighted by atomic mass is 17.1. The van der Waals surface area contributed by atoms with Gasteiger partial charge in [-0.15, -0.1) is 0 Å². The van der Waals surface area contributed by atoms with Crippen LogP contribution < -0.4 is 0 Å². The highest BCUT2D eigenvalue weighted by molar-refractivity contribution is 5.48. The van der Waals surface area contributed by atoms with Crippen molar-refractivity contribution in [3.63, 3.8) is 0 Å². The molecule has 0 aliphatic carbocycles. The largest absolute Gasteiger partial charge is 0.303 e. The minimum absolute atomic E-state index is 0.327. The van der Waals surface area contributed by atoms with Gasteiger partial charge < -0.3 is 4.79 Å². The molecule has 0 saturated carbocycles. The van der Waals surface area contributed by atoms with Gasteiger partial charge in [0.05, 0.1) is 6.61 Å². The monoisotopic (exact) mass is 118 g/mol. The van der Waals surface area contributed by atoms with Gasteiger partial charge in [0.25, 0.3) is 0 Å². The number of carbonyl (C=O) groups is 1. The van der Waals surface area contributed by atoms with Gasteiger partial charge in [-0.2, -0.15) is 0 Å². The fourth-order valence-electron chi connectivity index (χ4n) is 0.394. The third kappa shape index (κ3) is 5.59. The molecule has 0 aromatic rings. The van der Waals surface area contributed by atoms with Crippen molar-refractivity contribution in [2.45, 2.75) is 19.3 Å². The first-order valence-electron chi connectivity index (χ1n) is 2.62. The van der Waals surface area contributed by atoms with E-state index in [4.69, 9.17) is 5.26 Å². The standard InChI is InChI=1S/C5H10O3/c6-4-2-1-3-5-8-7/h4,7H,1-3,5H2. The maximum absolute atomic E-state index is 9.66. The van der Waals surface area contributed by atoms with E-state index in [1.165, 1.54) is 0 Å². The Bertz CT molecular complexity index is 53.6. The molecule has 0 atom stereocenters. The number of carbonyl (C=O) groups excluding carboxylic acids is 1. The summed E-state index contributed by atoms with van der Waals surface area (Å²) >= 11 is 0. The molecular formula is C5H10O3. The third-order valence-corrected chi connectivity index (χ3v) is 0.808. The van der Waals surface area contributed by atoms with E-state index in [0.29, 0.717) is 13.0 Å². The summed E-state index contributed by atoms with van der Waals surface area (Å²) in [6.07, 6.45) is 2.96. The molecule has 0 aliphatic heterocycles. The maximum Gasteiger partial charge on any atom is 0.119 e. The van der Waals surface area contributed by atoms with E-state index >= 15 is 0 Å². The van der Waals surface area contributed by atoms with Crippen LogP contribution in [0.2, 0.25) is 0 Å². The summed E-state index contributed by atoms with van der Waals surface area (Å²) in [6, 6.07) is 0. The van der Waals surface area contributed by atoms with E-state index in [1.54, 1.807) is 0 Å². The molecule has 0 saturated heterocycles. The number of hydrogen-bond donors (Lipinski definition) is 1. The smallest absolute Gasteiger partial charge is 0.119 e. The summed E-state index contributed by atoms with van der Waals surface area (Å²) in [5, 5.41) is 7.78. The second kappa shape index (κ2) is 6.59. The van der Waals surface area contributed by atoms with E-state index in [2.05, 4.69) is 4.89 Å². The van der Waals surface area contributed by atoms with Gasteiger partial charge in [0.2, 0.25) is 0 Å². The van der Waals surface area contributed by atoms with Crippen LogP contribution in [-0.4, -0.2) is 18.2 Å². The lowest BCUT2D eigenvalue weighted by Gasteiger charge is -1.90. The quantitative estimate of drug-likeness (QED) is 0.252. The summed E-state index contributed by atoms with van der Waals surface area (Å²) in [5.41, 5.74) is 0. The predicted octanol–water partition coefficient (Wildman–Crippen LogP) is 0.845. The topological polar surface area (TPSA) is 46.5 Å². The Balaban J connectivity index is 2.62. The summed E-state index contributed by atoms with van der Waals surface area (Å²) in [5.74, 6) is 0. The first-order chi connectivity index (χ1) is 3.91. The van der Waals surface area contributed by atoms with Crippen LogP contribution >= 0.6 is 0 Å². The van der Waals surface area contributed by atoms with Crippen molar-refractivity contribution < 1.29 is 14.9 Å². The Morgan fingerprint density at radius 1 is 1.50 bits per heavy atom. The van der Waals surface area contributed by atoms with Crippen molar-refractivity contribution in [1.29, 1.82) is 0 Å². The number of rotatable bonds is 5. The molecule has 0 spiro atoms. The second-order valence-electron chi connectivity index (χ2n) is 1.50. The van der Waals surface area contributed by atoms with Gasteiger partial charge in [-0.05, 0) is 12.8 Å². The van der Waals surface area contributed by atoms with Gasteiger partial charge >= 0.3 is 0 Å². The van der Waals surface area contributed by atoms with Crippen molar-refractivity contribution in [3.8, 4) is 0 Å². The average molecular weight is 118 g/mol. The van der Waals surface area contributed by atoms with Gasteiger partial charge in [-0.1, -0.05) is 0 Å². The van der Waals surface area contributed by atoms with Crippen LogP contribution in [0.25, 0.3) is 0 Å². The summed E-state index contributed by atoms with van der Waals surface area (Å²) in [4.78, 5) is 13.4. The SMILES string of the molecule is O=CCCCCOO. The van der Waals surface area contributed by atoms with Crippen LogP contribution in [0.4, 0.5) is 0 Å². The first-order valence-corrected chi connectivity index (χ1v) is 2.62. The molecule has 0 fully saturated rings. The Morgan fingerprint density at radius 2 is 2.25 bits per heavy atom. The average Bonchev–Trinajstić information content (AvgIpc) is 1.81. The zero-order valence-electron chi connectivity index (χ0n) is 4.67. The van der Waals surface area contributed by atoms with Crippen molar-refractivity contribution in [2.24, 2.45) is 0 Å². The summed E-state index contributed by atoms with van der Waals surface area (Å²) in [6.45, 7) is 0.327. The van der Waals surface area contributed by atoms with Gasteiger partial charge in [-0.25, -0.2) is 4.89 Å². The van der Waals surface area contributed by atoms with Crippen LogP contribution in [-0.2, 0) is 9.68 Å². The highest BCUT2D eigenvalue weighted by Gasteiger charge is 1.84. The number of aldehydes is 1. The summed E-state index contributed by atoms with van der Waals surface area (Å²) < 4.78 is 0. The molecule has 0 amide bonds. The lowest BCUT2D eigenvalue weighted by atomic mass is 10.3. The molecule has 0 radical (unpaired) electrons. The Kier molecular flexibility index (Phi) is 6.25. The fraction of sp³-hybridized carbons (Fsp3) is 0.800.